The number of rotatable bonds is 4. The Balaban J connectivity index is 3.17. The van der Waals surface area contributed by atoms with Crippen molar-refractivity contribution < 1.29 is 4.74 Å². The van der Waals surface area contributed by atoms with Gasteiger partial charge in [-0.15, -0.1) is 0 Å². The molecule has 90 valence electrons. The van der Waals surface area contributed by atoms with Crippen LogP contribution in [0, 0.1) is 20.8 Å². The number of aryl methyl sites for hydroxylation is 1. The molecule has 2 heteroatoms. The Hall–Kier alpha value is -1.02. The molecule has 0 aliphatic rings. The first-order valence-corrected chi connectivity index (χ1v) is 5.98. The fourth-order valence-electron chi connectivity index (χ4n) is 2.13. The normalized spacial score (nSPS) is 12.6. The lowest BCUT2D eigenvalue weighted by Crippen LogP contribution is -2.11. The van der Waals surface area contributed by atoms with Crippen LogP contribution in [-0.4, -0.2) is 6.61 Å². The van der Waals surface area contributed by atoms with Crippen LogP contribution in [0.4, 0.5) is 0 Å². The van der Waals surface area contributed by atoms with Crippen LogP contribution in [0.5, 0.6) is 5.75 Å². The van der Waals surface area contributed by atoms with E-state index in [9.17, 15) is 0 Å². The molecular weight excluding hydrogens is 198 g/mol. The summed E-state index contributed by atoms with van der Waals surface area (Å²) in [6.07, 6.45) is 1.03. The van der Waals surface area contributed by atoms with Crippen LogP contribution in [0.1, 0.15) is 48.6 Å². The van der Waals surface area contributed by atoms with E-state index in [1.165, 1.54) is 22.3 Å². The molecule has 1 rings (SSSR count). The second kappa shape index (κ2) is 5.35. The van der Waals surface area contributed by atoms with Crippen LogP contribution in [-0.2, 0) is 0 Å². The SMILES string of the molecule is CCCOc1cc(C)c(C(C)N)c(C)c1C. The average molecular weight is 221 g/mol. The third-order valence-electron chi connectivity index (χ3n) is 3.03. The molecule has 16 heavy (non-hydrogen) atoms. The molecule has 1 aromatic rings. The van der Waals surface area contributed by atoms with Gasteiger partial charge in [0.15, 0.2) is 0 Å². The van der Waals surface area contributed by atoms with Crippen molar-refractivity contribution >= 4 is 0 Å². The highest BCUT2D eigenvalue weighted by molar-refractivity contribution is 5.49. The van der Waals surface area contributed by atoms with E-state index in [1.54, 1.807) is 0 Å². The van der Waals surface area contributed by atoms with Crippen LogP contribution >= 0.6 is 0 Å². The summed E-state index contributed by atoms with van der Waals surface area (Å²) in [5.41, 5.74) is 11.0. The van der Waals surface area contributed by atoms with Gasteiger partial charge in [-0.3, -0.25) is 0 Å². The maximum absolute atomic E-state index is 5.99. The Morgan fingerprint density at radius 2 is 1.88 bits per heavy atom. The predicted molar refractivity (Wildman–Crippen MR) is 69.0 cm³/mol. The van der Waals surface area contributed by atoms with Crippen LogP contribution in [0.3, 0.4) is 0 Å². The lowest BCUT2D eigenvalue weighted by Gasteiger charge is -2.19. The molecule has 0 bridgehead atoms. The topological polar surface area (TPSA) is 35.2 Å². The summed E-state index contributed by atoms with van der Waals surface area (Å²) in [6.45, 7) is 11.2. The smallest absolute Gasteiger partial charge is 0.122 e. The Kier molecular flexibility index (Phi) is 4.36. The van der Waals surface area contributed by atoms with Crippen molar-refractivity contribution in [1.82, 2.24) is 0 Å². The minimum atomic E-state index is 0.0823. The molecule has 0 saturated carbocycles. The van der Waals surface area contributed by atoms with Crippen molar-refractivity contribution in [1.29, 1.82) is 0 Å². The third kappa shape index (κ3) is 2.56. The molecule has 1 atom stereocenters. The summed E-state index contributed by atoms with van der Waals surface area (Å²) in [4.78, 5) is 0. The first-order valence-electron chi connectivity index (χ1n) is 5.98. The van der Waals surface area contributed by atoms with Crippen molar-refractivity contribution in [2.45, 2.75) is 47.1 Å². The molecule has 1 unspecified atom stereocenters. The fourth-order valence-corrected chi connectivity index (χ4v) is 2.13. The van der Waals surface area contributed by atoms with Crippen LogP contribution in [0.25, 0.3) is 0 Å². The molecule has 2 nitrogen and oxygen atoms in total. The van der Waals surface area contributed by atoms with E-state index >= 15 is 0 Å². The molecule has 0 fully saturated rings. The molecule has 0 aliphatic heterocycles. The summed E-state index contributed by atoms with van der Waals surface area (Å²) < 4.78 is 5.74. The lowest BCUT2D eigenvalue weighted by molar-refractivity contribution is 0.314. The number of hydrogen-bond acceptors (Lipinski definition) is 2. The van der Waals surface area contributed by atoms with Crippen LogP contribution in [0.2, 0.25) is 0 Å². The minimum absolute atomic E-state index is 0.0823. The van der Waals surface area contributed by atoms with Gasteiger partial charge in [0.2, 0.25) is 0 Å². The van der Waals surface area contributed by atoms with E-state index in [2.05, 4.69) is 33.8 Å². The van der Waals surface area contributed by atoms with Crippen LogP contribution < -0.4 is 10.5 Å². The van der Waals surface area contributed by atoms with Crippen molar-refractivity contribution in [3.63, 3.8) is 0 Å². The molecule has 0 heterocycles. The van der Waals surface area contributed by atoms with E-state index in [4.69, 9.17) is 10.5 Å². The Morgan fingerprint density at radius 3 is 2.38 bits per heavy atom. The lowest BCUT2D eigenvalue weighted by atomic mass is 9.93. The van der Waals surface area contributed by atoms with Gasteiger partial charge in [-0.2, -0.15) is 0 Å². The minimum Gasteiger partial charge on any atom is -0.493 e. The van der Waals surface area contributed by atoms with Crippen molar-refractivity contribution in [3.05, 3.63) is 28.3 Å². The van der Waals surface area contributed by atoms with Gasteiger partial charge in [0.1, 0.15) is 5.75 Å². The Labute approximate surface area is 98.8 Å². The molecule has 0 amide bonds. The Bertz CT molecular complexity index is 369. The van der Waals surface area contributed by atoms with Crippen molar-refractivity contribution in [3.8, 4) is 5.75 Å². The van der Waals surface area contributed by atoms with Gasteiger partial charge < -0.3 is 10.5 Å². The summed E-state index contributed by atoms with van der Waals surface area (Å²) in [6, 6.07) is 2.19. The molecule has 0 saturated heterocycles. The molecule has 2 N–H and O–H groups in total. The molecule has 1 aromatic carbocycles. The summed E-state index contributed by atoms with van der Waals surface area (Å²) in [5, 5.41) is 0. The second-order valence-electron chi connectivity index (χ2n) is 4.49. The van der Waals surface area contributed by atoms with Gasteiger partial charge in [-0.25, -0.2) is 0 Å². The first-order chi connectivity index (χ1) is 7.49. The first kappa shape index (κ1) is 13.0. The zero-order valence-electron chi connectivity index (χ0n) is 11.1. The summed E-state index contributed by atoms with van der Waals surface area (Å²) in [7, 11) is 0. The quantitative estimate of drug-likeness (QED) is 0.845. The number of benzene rings is 1. The number of hydrogen-bond donors (Lipinski definition) is 1. The number of ether oxygens (including phenoxy) is 1. The third-order valence-corrected chi connectivity index (χ3v) is 3.03. The maximum Gasteiger partial charge on any atom is 0.122 e. The second-order valence-corrected chi connectivity index (χ2v) is 4.49. The molecule has 0 radical (unpaired) electrons. The number of nitrogens with two attached hydrogens (primary N) is 1. The van der Waals surface area contributed by atoms with Gasteiger partial charge in [-0.05, 0) is 62.4 Å². The van der Waals surface area contributed by atoms with Gasteiger partial charge in [0.25, 0.3) is 0 Å². The van der Waals surface area contributed by atoms with Gasteiger partial charge in [0.05, 0.1) is 6.61 Å². The largest absolute Gasteiger partial charge is 0.493 e. The molecular formula is C14H23NO. The van der Waals surface area contributed by atoms with E-state index < -0.39 is 0 Å². The Morgan fingerprint density at radius 1 is 1.25 bits per heavy atom. The molecule has 0 aliphatic carbocycles. The zero-order chi connectivity index (χ0) is 12.3. The highest BCUT2D eigenvalue weighted by Crippen LogP contribution is 2.30. The molecule has 0 spiro atoms. The highest BCUT2D eigenvalue weighted by atomic mass is 16.5. The molecule has 0 aromatic heterocycles. The highest BCUT2D eigenvalue weighted by Gasteiger charge is 2.13. The zero-order valence-corrected chi connectivity index (χ0v) is 11.1. The van der Waals surface area contributed by atoms with Gasteiger partial charge in [0, 0.05) is 6.04 Å². The predicted octanol–water partition coefficient (Wildman–Crippen LogP) is 3.42. The van der Waals surface area contributed by atoms with E-state index in [-0.39, 0.29) is 6.04 Å². The maximum atomic E-state index is 5.99. The van der Waals surface area contributed by atoms with Crippen LogP contribution in [0.15, 0.2) is 6.07 Å². The van der Waals surface area contributed by atoms with E-state index in [1.807, 2.05) is 6.92 Å². The monoisotopic (exact) mass is 221 g/mol. The van der Waals surface area contributed by atoms with Gasteiger partial charge >= 0.3 is 0 Å². The van der Waals surface area contributed by atoms with Crippen molar-refractivity contribution in [2.24, 2.45) is 5.73 Å². The van der Waals surface area contributed by atoms with Gasteiger partial charge in [-0.1, -0.05) is 6.92 Å². The average Bonchev–Trinajstić information content (AvgIpc) is 2.21. The summed E-state index contributed by atoms with van der Waals surface area (Å²) >= 11 is 0. The van der Waals surface area contributed by atoms with E-state index in [0.29, 0.717) is 0 Å². The summed E-state index contributed by atoms with van der Waals surface area (Å²) in [5.74, 6) is 1.00. The van der Waals surface area contributed by atoms with E-state index in [0.717, 1.165) is 18.8 Å². The standard InChI is InChI=1S/C14H23NO/c1-6-7-16-13-8-9(2)14(12(5)15)11(4)10(13)3/h8,12H,6-7,15H2,1-5H3. The fraction of sp³-hybridized carbons (Fsp3) is 0.571. The van der Waals surface area contributed by atoms with Crippen molar-refractivity contribution in [2.75, 3.05) is 6.61 Å².